The molecule has 110 valence electrons. The average molecular weight is 282 g/mol. The Kier molecular flexibility index (Phi) is 5.34. The first-order valence-corrected chi connectivity index (χ1v) is 6.09. The largest absolute Gasteiger partial charge is 0.468 e. The first kappa shape index (κ1) is 15.9. The van der Waals surface area contributed by atoms with Gasteiger partial charge in [-0.25, -0.2) is 0 Å². The van der Waals surface area contributed by atoms with Crippen molar-refractivity contribution in [3.63, 3.8) is 0 Å². The smallest absolute Gasteiger partial charge is 0.411 e. The Morgan fingerprint density at radius 3 is 2.53 bits per heavy atom. The van der Waals surface area contributed by atoms with Crippen LogP contribution in [0.15, 0.2) is 0 Å². The van der Waals surface area contributed by atoms with E-state index in [9.17, 15) is 22.8 Å². The number of hydrogen-bond donors (Lipinski definition) is 0. The number of ketones is 1. The molecule has 0 aliphatic heterocycles. The van der Waals surface area contributed by atoms with E-state index >= 15 is 0 Å². The number of rotatable bonds is 4. The number of esters is 1. The van der Waals surface area contributed by atoms with Crippen LogP contribution in [0.5, 0.6) is 0 Å². The molecule has 0 spiro atoms. The van der Waals surface area contributed by atoms with Crippen molar-refractivity contribution >= 4 is 11.8 Å². The van der Waals surface area contributed by atoms with Gasteiger partial charge < -0.3 is 9.47 Å². The topological polar surface area (TPSA) is 52.6 Å². The molecule has 0 aromatic carbocycles. The zero-order chi connectivity index (χ0) is 14.6. The normalized spacial score (nSPS) is 28.3. The molecule has 19 heavy (non-hydrogen) atoms. The van der Waals surface area contributed by atoms with Crippen molar-refractivity contribution in [3.8, 4) is 0 Å². The van der Waals surface area contributed by atoms with Crippen molar-refractivity contribution in [2.45, 2.75) is 38.5 Å². The molecule has 1 aliphatic carbocycles. The SMILES string of the molecule is CCC1C(OCC(F)(F)F)CCC(=O)C1C(=O)OC. The molecular formula is C12H17F3O4. The molecule has 1 rings (SSSR count). The maximum atomic E-state index is 12.2. The fourth-order valence-electron chi connectivity index (χ4n) is 2.45. The average Bonchev–Trinajstić information content (AvgIpc) is 2.34. The van der Waals surface area contributed by atoms with Crippen molar-refractivity contribution in [2.75, 3.05) is 13.7 Å². The van der Waals surface area contributed by atoms with Crippen molar-refractivity contribution in [2.24, 2.45) is 11.8 Å². The van der Waals surface area contributed by atoms with Crippen LogP contribution in [0.3, 0.4) is 0 Å². The van der Waals surface area contributed by atoms with Gasteiger partial charge in [-0.3, -0.25) is 9.59 Å². The monoisotopic (exact) mass is 282 g/mol. The lowest BCUT2D eigenvalue weighted by Gasteiger charge is -2.35. The van der Waals surface area contributed by atoms with Crippen molar-refractivity contribution in [3.05, 3.63) is 0 Å². The van der Waals surface area contributed by atoms with Gasteiger partial charge in [0.1, 0.15) is 18.3 Å². The van der Waals surface area contributed by atoms with E-state index in [0.717, 1.165) is 7.11 Å². The molecule has 3 unspecified atom stereocenters. The second kappa shape index (κ2) is 6.36. The molecule has 1 saturated carbocycles. The summed E-state index contributed by atoms with van der Waals surface area (Å²) < 4.78 is 45.9. The van der Waals surface area contributed by atoms with E-state index in [1.807, 2.05) is 0 Å². The summed E-state index contributed by atoms with van der Waals surface area (Å²) in [4.78, 5) is 23.3. The van der Waals surface area contributed by atoms with Crippen molar-refractivity contribution in [1.82, 2.24) is 0 Å². The third-order valence-electron chi connectivity index (χ3n) is 3.32. The lowest BCUT2D eigenvalue weighted by Crippen LogP contribution is -2.44. The number of carbonyl (C=O) groups excluding carboxylic acids is 2. The van der Waals surface area contributed by atoms with Crippen LogP contribution in [0.25, 0.3) is 0 Å². The molecule has 0 radical (unpaired) electrons. The summed E-state index contributed by atoms with van der Waals surface area (Å²) in [5.74, 6) is -2.55. The lowest BCUT2D eigenvalue weighted by molar-refractivity contribution is -0.197. The Bertz CT molecular complexity index is 332. The van der Waals surface area contributed by atoms with E-state index in [0.29, 0.717) is 6.42 Å². The van der Waals surface area contributed by atoms with Crippen LogP contribution in [0.2, 0.25) is 0 Å². The minimum atomic E-state index is -4.42. The fraction of sp³-hybridized carbons (Fsp3) is 0.833. The van der Waals surface area contributed by atoms with Gasteiger partial charge in [0.15, 0.2) is 0 Å². The van der Waals surface area contributed by atoms with E-state index in [2.05, 4.69) is 4.74 Å². The summed E-state index contributed by atoms with van der Waals surface area (Å²) >= 11 is 0. The predicted octanol–water partition coefficient (Wildman–Crippen LogP) is 2.11. The molecule has 0 heterocycles. The molecule has 0 bridgehead atoms. The number of alkyl halides is 3. The van der Waals surface area contributed by atoms with Gasteiger partial charge in [-0.2, -0.15) is 13.2 Å². The number of Topliss-reactive ketones (excluding diaryl/α,β-unsaturated/α-hetero) is 1. The summed E-state index contributed by atoms with van der Waals surface area (Å²) in [7, 11) is 1.16. The minimum absolute atomic E-state index is 0.0405. The molecule has 0 N–H and O–H groups in total. The highest BCUT2D eigenvalue weighted by atomic mass is 19.4. The molecule has 0 aromatic rings. The molecule has 3 atom stereocenters. The summed E-state index contributed by atoms with van der Waals surface area (Å²) in [6.45, 7) is 0.347. The van der Waals surface area contributed by atoms with Gasteiger partial charge in [0, 0.05) is 12.3 Å². The van der Waals surface area contributed by atoms with Gasteiger partial charge in [-0.05, 0) is 12.8 Å². The number of ether oxygens (including phenoxy) is 2. The maximum absolute atomic E-state index is 12.2. The Balaban J connectivity index is 2.77. The second-order valence-electron chi connectivity index (χ2n) is 4.54. The van der Waals surface area contributed by atoms with Crippen LogP contribution in [-0.4, -0.2) is 37.7 Å². The van der Waals surface area contributed by atoms with Gasteiger partial charge in [-0.1, -0.05) is 6.92 Å². The van der Waals surface area contributed by atoms with E-state index in [4.69, 9.17) is 4.74 Å². The van der Waals surface area contributed by atoms with Crippen LogP contribution < -0.4 is 0 Å². The molecule has 1 aliphatic rings. The molecule has 7 heteroatoms. The predicted molar refractivity (Wildman–Crippen MR) is 59.3 cm³/mol. The maximum Gasteiger partial charge on any atom is 0.411 e. The Morgan fingerprint density at radius 2 is 2.05 bits per heavy atom. The zero-order valence-electron chi connectivity index (χ0n) is 10.8. The standard InChI is InChI=1S/C12H17F3O4/c1-3-7-9(19-6-12(13,14)15)5-4-8(16)10(7)11(17)18-2/h7,9-10H,3-6H2,1-2H3. The van der Waals surface area contributed by atoms with Crippen LogP contribution in [0.1, 0.15) is 26.2 Å². The van der Waals surface area contributed by atoms with Crippen LogP contribution >= 0.6 is 0 Å². The third kappa shape index (κ3) is 4.19. The van der Waals surface area contributed by atoms with E-state index in [1.165, 1.54) is 0 Å². The molecule has 1 fully saturated rings. The first-order valence-electron chi connectivity index (χ1n) is 6.09. The van der Waals surface area contributed by atoms with Gasteiger partial charge >= 0.3 is 12.1 Å². The Hall–Kier alpha value is -1.11. The summed E-state index contributed by atoms with van der Waals surface area (Å²) in [5, 5.41) is 0. The van der Waals surface area contributed by atoms with E-state index < -0.39 is 36.7 Å². The van der Waals surface area contributed by atoms with Gasteiger partial charge in [0.2, 0.25) is 0 Å². The summed E-state index contributed by atoms with van der Waals surface area (Å²) in [5.41, 5.74) is 0. The van der Waals surface area contributed by atoms with Gasteiger partial charge in [0.05, 0.1) is 13.2 Å². The third-order valence-corrected chi connectivity index (χ3v) is 3.32. The highest BCUT2D eigenvalue weighted by Crippen LogP contribution is 2.34. The summed E-state index contributed by atoms with van der Waals surface area (Å²) in [6, 6.07) is 0. The van der Waals surface area contributed by atoms with Crippen LogP contribution in [-0.2, 0) is 19.1 Å². The number of carbonyl (C=O) groups is 2. The molecule has 0 aromatic heterocycles. The molecular weight excluding hydrogens is 265 g/mol. The highest BCUT2D eigenvalue weighted by Gasteiger charge is 2.44. The molecule has 0 amide bonds. The number of methoxy groups -OCH3 is 1. The molecule has 0 saturated heterocycles. The zero-order valence-corrected chi connectivity index (χ0v) is 10.8. The minimum Gasteiger partial charge on any atom is -0.468 e. The van der Waals surface area contributed by atoms with Crippen molar-refractivity contribution < 1.29 is 32.2 Å². The first-order chi connectivity index (χ1) is 8.80. The summed E-state index contributed by atoms with van der Waals surface area (Å²) in [6.07, 6.45) is -4.53. The number of hydrogen-bond acceptors (Lipinski definition) is 4. The van der Waals surface area contributed by atoms with Crippen molar-refractivity contribution in [1.29, 1.82) is 0 Å². The second-order valence-corrected chi connectivity index (χ2v) is 4.54. The van der Waals surface area contributed by atoms with Crippen LogP contribution in [0, 0.1) is 11.8 Å². The quantitative estimate of drug-likeness (QED) is 0.585. The molecule has 4 nitrogen and oxygen atoms in total. The van der Waals surface area contributed by atoms with Gasteiger partial charge in [0.25, 0.3) is 0 Å². The fourth-order valence-corrected chi connectivity index (χ4v) is 2.45. The van der Waals surface area contributed by atoms with Gasteiger partial charge in [-0.15, -0.1) is 0 Å². The highest BCUT2D eigenvalue weighted by molar-refractivity contribution is 5.99. The Labute approximate surface area is 109 Å². The van der Waals surface area contributed by atoms with Crippen LogP contribution in [0.4, 0.5) is 13.2 Å². The number of halogens is 3. The van der Waals surface area contributed by atoms with E-state index in [1.54, 1.807) is 6.92 Å². The lowest BCUT2D eigenvalue weighted by atomic mass is 9.75. The Morgan fingerprint density at radius 1 is 1.42 bits per heavy atom. The van der Waals surface area contributed by atoms with E-state index in [-0.39, 0.29) is 18.6 Å².